The summed E-state index contributed by atoms with van der Waals surface area (Å²) in [5.74, 6) is 0.654. The maximum Gasteiger partial charge on any atom is 0.323 e. The van der Waals surface area contributed by atoms with E-state index in [2.05, 4.69) is 35.5 Å². The van der Waals surface area contributed by atoms with Gasteiger partial charge >= 0.3 is 5.69 Å². The van der Waals surface area contributed by atoms with Gasteiger partial charge in [0, 0.05) is 11.1 Å². The lowest BCUT2D eigenvalue weighted by molar-refractivity contribution is 0.431. The van der Waals surface area contributed by atoms with Crippen LogP contribution in [0.1, 0.15) is 0 Å². The van der Waals surface area contributed by atoms with E-state index in [1.165, 1.54) is 0 Å². The third-order valence-electron chi connectivity index (χ3n) is 4.00. The van der Waals surface area contributed by atoms with Gasteiger partial charge in [0.1, 0.15) is 5.69 Å². The highest BCUT2D eigenvalue weighted by atomic mass is 16.5. The van der Waals surface area contributed by atoms with Gasteiger partial charge in [-0.25, -0.2) is 4.79 Å². The predicted octanol–water partition coefficient (Wildman–Crippen LogP) is 2.36. The summed E-state index contributed by atoms with van der Waals surface area (Å²) in [4.78, 5) is 21.2. The second-order valence-electron chi connectivity index (χ2n) is 5.65. The molecule has 0 aliphatic heterocycles. The van der Waals surface area contributed by atoms with Gasteiger partial charge in [0.2, 0.25) is 5.82 Å². The quantitative estimate of drug-likeness (QED) is 0.460. The number of aromatic amines is 3. The molecule has 9 heteroatoms. The number of rotatable bonds is 3. The van der Waals surface area contributed by atoms with Crippen LogP contribution in [0.5, 0.6) is 0 Å². The third kappa shape index (κ3) is 2.30. The molecule has 3 aromatic heterocycles. The van der Waals surface area contributed by atoms with Crippen LogP contribution in [-0.2, 0) is 0 Å². The lowest BCUT2D eigenvalue weighted by atomic mass is 10.1. The van der Waals surface area contributed by atoms with Crippen molar-refractivity contribution in [3.8, 4) is 34.2 Å². The van der Waals surface area contributed by atoms with Crippen LogP contribution in [0.4, 0.5) is 0 Å². The first-order chi connectivity index (χ1) is 12.8. The number of fused-ring (bicyclic) bond motifs is 1. The zero-order valence-electron chi connectivity index (χ0n) is 13.2. The topological polar surface area (TPSA) is 129 Å². The molecule has 0 amide bonds. The highest BCUT2D eigenvalue weighted by Gasteiger charge is 2.19. The Morgan fingerprint density at radius 1 is 0.846 bits per heavy atom. The number of imidazole rings is 1. The van der Waals surface area contributed by atoms with Crippen LogP contribution in [0.25, 0.3) is 45.3 Å². The molecule has 9 nitrogen and oxygen atoms in total. The van der Waals surface area contributed by atoms with E-state index >= 15 is 0 Å². The average Bonchev–Trinajstić information content (AvgIpc) is 3.39. The van der Waals surface area contributed by atoms with Crippen molar-refractivity contribution in [2.24, 2.45) is 0 Å². The van der Waals surface area contributed by atoms with E-state index in [9.17, 15) is 4.79 Å². The molecule has 0 saturated heterocycles. The normalized spacial score (nSPS) is 11.2. The van der Waals surface area contributed by atoms with Crippen molar-refractivity contribution in [1.82, 2.24) is 35.5 Å². The van der Waals surface area contributed by atoms with E-state index < -0.39 is 0 Å². The number of aromatic nitrogens is 7. The summed E-state index contributed by atoms with van der Waals surface area (Å²) in [5.41, 5.74) is 3.84. The van der Waals surface area contributed by atoms with Gasteiger partial charge in [-0.15, -0.1) is 0 Å². The first kappa shape index (κ1) is 14.3. The van der Waals surface area contributed by atoms with Gasteiger partial charge in [-0.1, -0.05) is 35.5 Å². The second-order valence-corrected chi connectivity index (χ2v) is 5.65. The maximum absolute atomic E-state index is 11.4. The summed E-state index contributed by atoms with van der Waals surface area (Å²) in [6.45, 7) is 0. The molecule has 26 heavy (non-hydrogen) atoms. The standard InChI is InChI=1S/C17H11N7O2/c25-17-18-11-7-6-10(8-12(11)19-17)15-20-16(26-23-15)14-13(21-24-22-14)9-4-2-1-3-5-9/h1-8H,(H2,18,19,25)(H,21,22,24). The SMILES string of the molecule is O=c1[nH]c2ccc(-c3noc(-c4n[nH]nc4-c4ccccc4)n3)cc2[nH]1. The van der Waals surface area contributed by atoms with Crippen LogP contribution < -0.4 is 5.69 Å². The predicted molar refractivity (Wildman–Crippen MR) is 93.0 cm³/mol. The molecular formula is C17H11N7O2. The van der Waals surface area contributed by atoms with Gasteiger partial charge < -0.3 is 14.5 Å². The number of hydrogen-bond donors (Lipinski definition) is 3. The van der Waals surface area contributed by atoms with E-state index in [-0.39, 0.29) is 11.6 Å². The largest absolute Gasteiger partial charge is 0.332 e. The van der Waals surface area contributed by atoms with E-state index in [1.54, 1.807) is 12.1 Å². The fourth-order valence-electron chi connectivity index (χ4n) is 2.79. The molecule has 0 spiro atoms. The Morgan fingerprint density at radius 3 is 2.54 bits per heavy atom. The minimum atomic E-state index is -0.263. The van der Waals surface area contributed by atoms with E-state index in [4.69, 9.17) is 4.52 Å². The zero-order chi connectivity index (χ0) is 17.5. The summed E-state index contributed by atoms with van der Waals surface area (Å²) in [5, 5.41) is 14.9. The number of H-pyrrole nitrogens is 3. The molecule has 5 rings (SSSR count). The fourth-order valence-corrected chi connectivity index (χ4v) is 2.79. The van der Waals surface area contributed by atoms with Crippen LogP contribution in [0.2, 0.25) is 0 Å². The molecule has 126 valence electrons. The molecule has 0 saturated carbocycles. The molecule has 2 aromatic carbocycles. The Morgan fingerprint density at radius 2 is 1.65 bits per heavy atom. The van der Waals surface area contributed by atoms with E-state index in [1.807, 2.05) is 36.4 Å². The Balaban J connectivity index is 1.56. The van der Waals surface area contributed by atoms with E-state index in [0.717, 1.165) is 5.56 Å². The summed E-state index contributed by atoms with van der Waals surface area (Å²) in [6, 6.07) is 15.0. The molecule has 0 aliphatic carbocycles. The Bertz CT molecular complexity index is 1260. The monoisotopic (exact) mass is 345 g/mol. The molecule has 0 fully saturated rings. The van der Waals surface area contributed by atoms with Crippen molar-refractivity contribution in [2.75, 3.05) is 0 Å². The molecule has 0 aliphatic rings. The summed E-state index contributed by atoms with van der Waals surface area (Å²) in [6.07, 6.45) is 0. The summed E-state index contributed by atoms with van der Waals surface area (Å²) in [7, 11) is 0. The Hall–Kier alpha value is -4.01. The molecule has 3 N–H and O–H groups in total. The Kier molecular flexibility index (Phi) is 3.04. The fraction of sp³-hybridized carbons (Fsp3) is 0. The molecule has 0 atom stereocenters. The number of nitrogens with zero attached hydrogens (tertiary/aromatic N) is 4. The first-order valence-electron chi connectivity index (χ1n) is 7.80. The first-order valence-corrected chi connectivity index (χ1v) is 7.80. The minimum Gasteiger partial charge on any atom is -0.332 e. The Labute approximate surface area is 145 Å². The lowest BCUT2D eigenvalue weighted by Gasteiger charge is -1.96. The van der Waals surface area contributed by atoms with Crippen molar-refractivity contribution in [3.05, 3.63) is 59.0 Å². The van der Waals surface area contributed by atoms with Crippen molar-refractivity contribution in [3.63, 3.8) is 0 Å². The molecule has 5 aromatic rings. The number of nitrogens with one attached hydrogen (secondary N) is 3. The molecule has 0 radical (unpaired) electrons. The second kappa shape index (κ2) is 5.52. The van der Waals surface area contributed by atoms with Gasteiger partial charge in [-0.3, -0.25) is 0 Å². The minimum absolute atomic E-state index is 0.260. The van der Waals surface area contributed by atoms with E-state index in [0.29, 0.717) is 33.8 Å². The van der Waals surface area contributed by atoms with Gasteiger partial charge in [0.25, 0.3) is 5.89 Å². The van der Waals surface area contributed by atoms with Crippen LogP contribution in [0, 0.1) is 0 Å². The van der Waals surface area contributed by atoms with Crippen molar-refractivity contribution >= 4 is 11.0 Å². The summed E-state index contributed by atoms with van der Waals surface area (Å²) >= 11 is 0. The molecular weight excluding hydrogens is 334 g/mol. The smallest absolute Gasteiger partial charge is 0.323 e. The maximum atomic E-state index is 11.4. The molecule has 0 bridgehead atoms. The number of benzene rings is 2. The van der Waals surface area contributed by atoms with Gasteiger partial charge in [0.15, 0.2) is 5.69 Å². The van der Waals surface area contributed by atoms with Crippen molar-refractivity contribution in [2.45, 2.75) is 0 Å². The zero-order valence-corrected chi connectivity index (χ0v) is 13.2. The third-order valence-corrected chi connectivity index (χ3v) is 4.00. The van der Waals surface area contributed by atoms with Gasteiger partial charge in [-0.2, -0.15) is 20.4 Å². The van der Waals surface area contributed by atoms with Gasteiger partial charge in [0.05, 0.1) is 11.0 Å². The summed E-state index contributed by atoms with van der Waals surface area (Å²) < 4.78 is 5.38. The van der Waals surface area contributed by atoms with Crippen LogP contribution in [-0.4, -0.2) is 35.5 Å². The highest BCUT2D eigenvalue weighted by molar-refractivity contribution is 5.80. The van der Waals surface area contributed by atoms with Crippen molar-refractivity contribution in [1.29, 1.82) is 0 Å². The average molecular weight is 345 g/mol. The van der Waals surface area contributed by atoms with Crippen LogP contribution in [0.3, 0.4) is 0 Å². The van der Waals surface area contributed by atoms with Crippen LogP contribution in [0.15, 0.2) is 57.8 Å². The lowest BCUT2D eigenvalue weighted by Crippen LogP contribution is -1.99. The van der Waals surface area contributed by atoms with Crippen molar-refractivity contribution < 1.29 is 4.52 Å². The highest BCUT2D eigenvalue weighted by Crippen LogP contribution is 2.28. The van der Waals surface area contributed by atoms with Gasteiger partial charge in [-0.05, 0) is 18.2 Å². The number of hydrogen-bond acceptors (Lipinski definition) is 6. The van der Waals surface area contributed by atoms with Crippen LogP contribution >= 0.6 is 0 Å². The molecule has 3 heterocycles. The molecule has 0 unspecified atom stereocenters.